The molecule has 12 aromatic carbocycles. The van der Waals surface area contributed by atoms with E-state index in [9.17, 15) is 0 Å². The van der Waals surface area contributed by atoms with Crippen molar-refractivity contribution in [2.45, 2.75) is 0 Å². The number of nitrogens with zero attached hydrogens (tertiary/aromatic N) is 2. The largest absolute Gasteiger partial charge is 0.309 e. The highest BCUT2D eigenvalue weighted by Crippen LogP contribution is 2.42. The van der Waals surface area contributed by atoms with E-state index in [0.29, 0.717) is 0 Å². The van der Waals surface area contributed by atoms with Gasteiger partial charge in [0.1, 0.15) is 0 Å². The Morgan fingerprint density at radius 3 is 0.968 bits per heavy atom. The summed E-state index contributed by atoms with van der Waals surface area (Å²) < 4.78 is 4.92. The molecule has 0 aliphatic heterocycles. The van der Waals surface area contributed by atoms with Gasteiger partial charge in [-0.1, -0.05) is 164 Å². The number of para-hydroxylation sites is 2. The molecular formula is C60H36N2. The Labute approximate surface area is 356 Å². The van der Waals surface area contributed by atoms with Gasteiger partial charge in [-0.05, 0) is 130 Å². The molecule has 14 aromatic rings. The average molecular weight is 785 g/mol. The fraction of sp³-hybridized carbons (Fsp3) is 0. The molecule has 0 spiro atoms. The lowest BCUT2D eigenvalue weighted by molar-refractivity contribution is 1.19. The van der Waals surface area contributed by atoms with Crippen LogP contribution < -0.4 is 0 Å². The molecule has 286 valence electrons. The molecule has 0 saturated carbocycles. The van der Waals surface area contributed by atoms with Crippen LogP contribution in [0.15, 0.2) is 218 Å². The monoisotopic (exact) mass is 784 g/mol. The van der Waals surface area contributed by atoms with Crippen molar-refractivity contribution in [2.24, 2.45) is 0 Å². The van der Waals surface area contributed by atoms with Gasteiger partial charge in [-0.3, -0.25) is 0 Å². The minimum Gasteiger partial charge on any atom is -0.309 e. The van der Waals surface area contributed by atoms with Crippen LogP contribution in [-0.4, -0.2) is 9.13 Å². The van der Waals surface area contributed by atoms with Gasteiger partial charge >= 0.3 is 0 Å². The van der Waals surface area contributed by atoms with Crippen molar-refractivity contribution in [1.29, 1.82) is 0 Å². The van der Waals surface area contributed by atoms with E-state index in [4.69, 9.17) is 0 Å². The maximum Gasteiger partial charge on any atom is 0.0547 e. The van der Waals surface area contributed by atoms with E-state index < -0.39 is 0 Å². The maximum atomic E-state index is 2.47. The molecule has 2 aromatic heterocycles. The molecule has 0 atom stereocenters. The summed E-state index contributed by atoms with van der Waals surface area (Å²) in [6.07, 6.45) is 0. The Bertz CT molecular complexity index is 4150. The van der Waals surface area contributed by atoms with Crippen molar-refractivity contribution >= 4 is 108 Å². The average Bonchev–Trinajstić information content (AvgIpc) is 3.86. The molecule has 14 rings (SSSR count). The Morgan fingerprint density at radius 2 is 0.484 bits per heavy atom. The topological polar surface area (TPSA) is 9.86 Å². The van der Waals surface area contributed by atoms with Gasteiger partial charge < -0.3 is 9.13 Å². The van der Waals surface area contributed by atoms with Gasteiger partial charge in [-0.25, -0.2) is 0 Å². The smallest absolute Gasteiger partial charge is 0.0547 e. The first-order chi connectivity index (χ1) is 30.8. The van der Waals surface area contributed by atoms with Gasteiger partial charge in [0.25, 0.3) is 0 Å². The summed E-state index contributed by atoms with van der Waals surface area (Å²) in [6, 6.07) is 81.1. The second kappa shape index (κ2) is 12.7. The summed E-state index contributed by atoms with van der Waals surface area (Å²) >= 11 is 0. The number of hydrogen-bond donors (Lipinski definition) is 0. The molecule has 0 aliphatic carbocycles. The van der Waals surface area contributed by atoms with Gasteiger partial charge in [0, 0.05) is 32.9 Å². The van der Waals surface area contributed by atoms with Crippen molar-refractivity contribution in [2.75, 3.05) is 0 Å². The number of hydrogen-bond acceptors (Lipinski definition) is 0. The van der Waals surface area contributed by atoms with E-state index >= 15 is 0 Å². The van der Waals surface area contributed by atoms with Crippen LogP contribution in [0.5, 0.6) is 0 Å². The number of rotatable bonds is 3. The number of benzene rings is 12. The zero-order chi connectivity index (χ0) is 40.5. The molecule has 0 fully saturated rings. The molecule has 2 heteroatoms. The highest BCUT2D eigenvalue weighted by molar-refractivity contribution is 6.27. The zero-order valence-corrected chi connectivity index (χ0v) is 33.7. The second-order valence-electron chi connectivity index (χ2n) is 16.8. The lowest BCUT2D eigenvalue weighted by Crippen LogP contribution is -1.95. The molecule has 0 unspecified atom stereocenters. The lowest BCUT2D eigenvalue weighted by Gasteiger charge is -2.14. The summed E-state index contributed by atoms with van der Waals surface area (Å²) in [5.41, 5.74) is 9.54. The van der Waals surface area contributed by atoms with Gasteiger partial charge in [0.15, 0.2) is 0 Å². The van der Waals surface area contributed by atoms with Crippen molar-refractivity contribution in [3.05, 3.63) is 218 Å². The third-order valence-corrected chi connectivity index (χ3v) is 13.7. The van der Waals surface area contributed by atoms with E-state index in [-0.39, 0.29) is 0 Å². The van der Waals surface area contributed by atoms with Crippen LogP contribution >= 0.6 is 0 Å². The second-order valence-corrected chi connectivity index (χ2v) is 16.8. The lowest BCUT2D eigenvalue weighted by atomic mass is 9.94. The number of aromatic nitrogens is 2. The minimum absolute atomic E-state index is 1.16. The standard InChI is InChI=1S/C60H36N2/c1-3-17-45-41(13-1)43-15-5-7-19-47(43)54-35-39(27-30-49(45)54)61-58-24-12-10-22-52(58)56-33-37(26-32-59(56)61)38-25-29-53-51-21-9-11-23-57(51)62(60(53)34-38)40-28-31-50-46-18-4-2-14-42(46)44-16-6-8-20-48(44)55(50)36-40/h1-36H. The summed E-state index contributed by atoms with van der Waals surface area (Å²) in [6.45, 7) is 0. The van der Waals surface area contributed by atoms with Crippen LogP contribution in [0, 0.1) is 0 Å². The van der Waals surface area contributed by atoms with E-state index in [1.165, 1.54) is 125 Å². The van der Waals surface area contributed by atoms with Crippen molar-refractivity contribution in [1.82, 2.24) is 9.13 Å². The van der Waals surface area contributed by atoms with Gasteiger partial charge in [-0.15, -0.1) is 0 Å². The first-order valence-electron chi connectivity index (χ1n) is 21.5. The van der Waals surface area contributed by atoms with Crippen LogP contribution in [0.1, 0.15) is 0 Å². The Morgan fingerprint density at radius 1 is 0.177 bits per heavy atom. The molecule has 0 radical (unpaired) electrons. The highest BCUT2D eigenvalue weighted by Gasteiger charge is 2.18. The first kappa shape index (κ1) is 33.6. The van der Waals surface area contributed by atoms with Crippen molar-refractivity contribution < 1.29 is 0 Å². The predicted molar refractivity (Wildman–Crippen MR) is 266 cm³/mol. The Hall–Kier alpha value is -8.20. The molecule has 0 N–H and O–H groups in total. The van der Waals surface area contributed by atoms with E-state index in [1.54, 1.807) is 0 Å². The summed E-state index contributed by atoms with van der Waals surface area (Å²) in [5, 5.41) is 20.4. The fourth-order valence-corrected chi connectivity index (χ4v) is 10.9. The zero-order valence-electron chi connectivity index (χ0n) is 33.7. The van der Waals surface area contributed by atoms with Gasteiger partial charge in [0.05, 0.1) is 22.1 Å². The Balaban J connectivity index is 0.966. The van der Waals surface area contributed by atoms with Crippen LogP contribution in [0.25, 0.3) is 131 Å². The third-order valence-electron chi connectivity index (χ3n) is 13.7. The van der Waals surface area contributed by atoms with Gasteiger partial charge in [-0.2, -0.15) is 0 Å². The van der Waals surface area contributed by atoms with Gasteiger partial charge in [0.2, 0.25) is 0 Å². The molecule has 0 saturated heterocycles. The third kappa shape index (κ3) is 4.64. The molecule has 0 amide bonds. The van der Waals surface area contributed by atoms with Crippen molar-refractivity contribution in [3.63, 3.8) is 0 Å². The van der Waals surface area contributed by atoms with Crippen LogP contribution in [0.2, 0.25) is 0 Å². The maximum absolute atomic E-state index is 2.47. The molecular weight excluding hydrogens is 749 g/mol. The van der Waals surface area contributed by atoms with Crippen LogP contribution in [-0.2, 0) is 0 Å². The summed E-state index contributed by atoms with van der Waals surface area (Å²) in [7, 11) is 0. The molecule has 62 heavy (non-hydrogen) atoms. The van der Waals surface area contributed by atoms with E-state index in [1.807, 2.05) is 0 Å². The van der Waals surface area contributed by atoms with E-state index in [0.717, 1.165) is 5.69 Å². The predicted octanol–water partition coefficient (Wildman–Crippen LogP) is 16.5. The van der Waals surface area contributed by atoms with Crippen LogP contribution in [0.4, 0.5) is 0 Å². The molecule has 0 aliphatic rings. The number of fused-ring (bicyclic) bond motifs is 18. The summed E-state index contributed by atoms with van der Waals surface area (Å²) in [4.78, 5) is 0. The highest BCUT2D eigenvalue weighted by atomic mass is 15.0. The quantitative estimate of drug-likeness (QED) is 0.158. The first-order valence-corrected chi connectivity index (χ1v) is 21.5. The fourth-order valence-electron chi connectivity index (χ4n) is 10.9. The normalized spacial score (nSPS) is 12.2. The van der Waals surface area contributed by atoms with Crippen molar-refractivity contribution in [3.8, 4) is 22.5 Å². The van der Waals surface area contributed by atoms with Crippen LogP contribution in [0.3, 0.4) is 0 Å². The SMILES string of the molecule is c1ccc2c(c1)c1ccccc1c1cc(-n3c4ccccc4c4cc(-c5ccc6c7ccccc7n(-c7ccc8c9ccccc9c9ccccc9c8c7)c6c5)ccc43)ccc21. The summed E-state index contributed by atoms with van der Waals surface area (Å²) in [5.74, 6) is 0. The Kier molecular flexibility index (Phi) is 6.86. The molecule has 0 bridgehead atoms. The molecule has 2 nitrogen and oxygen atoms in total. The minimum atomic E-state index is 1.16. The van der Waals surface area contributed by atoms with E-state index in [2.05, 4.69) is 228 Å². The molecule has 2 heterocycles.